The van der Waals surface area contributed by atoms with Gasteiger partial charge in [0.1, 0.15) is 17.2 Å². The quantitative estimate of drug-likeness (QED) is 0.326. The minimum absolute atomic E-state index is 0.0664. The minimum Gasteiger partial charge on any atom is -0.375 e. The summed E-state index contributed by atoms with van der Waals surface area (Å²) in [5.41, 5.74) is 7.31. The van der Waals surface area contributed by atoms with Crippen LogP contribution in [0.4, 0.5) is 29.8 Å². The summed E-state index contributed by atoms with van der Waals surface area (Å²) in [4.78, 5) is 28.8. The van der Waals surface area contributed by atoms with Gasteiger partial charge in [-0.05, 0) is 32.3 Å². The molecule has 8 nitrogen and oxygen atoms in total. The number of piperazine rings is 1. The number of pyridine rings is 1. The normalized spacial score (nSPS) is 16.2. The van der Waals surface area contributed by atoms with Gasteiger partial charge in [0.25, 0.3) is 5.91 Å². The fourth-order valence-corrected chi connectivity index (χ4v) is 6.47. The average molecular weight is 602 g/mol. The number of hydrogen-bond acceptors (Lipinski definition) is 8. The summed E-state index contributed by atoms with van der Waals surface area (Å²) in [7, 11) is 4.02. The Balaban J connectivity index is 1.48. The summed E-state index contributed by atoms with van der Waals surface area (Å²) in [6.45, 7) is 5.92. The maximum Gasteiger partial charge on any atom is 0.282 e. The van der Waals surface area contributed by atoms with Gasteiger partial charge >= 0.3 is 0 Å². The van der Waals surface area contributed by atoms with Crippen LogP contribution >= 0.6 is 22.9 Å². The van der Waals surface area contributed by atoms with Crippen molar-refractivity contribution in [2.24, 2.45) is 0 Å². The number of thiazole rings is 1. The zero-order valence-electron chi connectivity index (χ0n) is 22.4. The fourth-order valence-electron chi connectivity index (χ4n) is 5.42. The first kappa shape index (κ1) is 27.6. The Morgan fingerprint density at radius 3 is 2.46 bits per heavy atom. The van der Waals surface area contributed by atoms with Crippen LogP contribution < -0.4 is 15.5 Å². The van der Waals surface area contributed by atoms with Gasteiger partial charge in [-0.25, -0.2) is 23.1 Å². The molecule has 2 aliphatic rings. The molecule has 6 rings (SSSR count). The molecule has 2 fully saturated rings. The second kappa shape index (κ2) is 10.3. The van der Waals surface area contributed by atoms with Gasteiger partial charge in [0.05, 0.1) is 20.9 Å². The summed E-state index contributed by atoms with van der Waals surface area (Å²) in [5, 5.41) is 0.772. The predicted molar refractivity (Wildman–Crippen MR) is 158 cm³/mol. The maximum atomic E-state index is 16.6. The molecule has 214 valence electrons. The first-order valence-corrected chi connectivity index (χ1v) is 14.2. The van der Waals surface area contributed by atoms with Gasteiger partial charge in [0.2, 0.25) is 0 Å². The summed E-state index contributed by atoms with van der Waals surface area (Å²) in [5.74, 6) is -2.27. The van der Waals surface area contributed by atoms with Crippen LogP contribution in [0.25, 0.3) is 32.2 Å². The lowest BCUT2D eigenvalue weighted by molar-refractivity contribution is -0.128. The standard InChI is InChI=1S/C28H27ClF3N7OS/c1-14(30)27(40)38-8-6-37(7-9-38)20-11-21(39-12-15(13-39)36(2)3)34-24-17(20)10-18(29)22(23(24)32)16-4-5-19(31)26-25(16)35-28(33)41-26/h4-5,10-11,15H,1,6-9,12-13H2,2-3H3,(H2,33,35). The van der Waals surface area contributed by atoms with Crippen molar-refractivity contribution in [2.45, 2.75) is 6.04 Å². The van der Waals surface area contributed by atoms with Crippen LogP contribution in [0, 0.1) is 11.6 Å². The van der Waals surface area contributed by atoms with E-state index in [0.717, 1.165) is 24.4 Å². The van der Waals surface area contributed by atoms with Crippen LogP contribution in [0.2, 0.25) is 5.02 Å². The fraction of sp³-hybridized carbons (Fsp3) is 0.321. The molecule has 2 aliphatic heterocycles. The second-order valence-corrected chi connectivity index (χ2v) is 11.9. The minimum atomic E-state index is -0.999. The van der Waals surface area contributed by atoms with E-state index in [1.807, 2.05) is 25.1 Å². The van der Waals surface area contributed by atoms with Gasteiger partial charge in [-0.2, -0.15) is 0 Å². The Morgan fingerprint density at radius 1 is 1.10 bits per heavy atom. The Kier molecular flexibility index (Phi) is 6.95. The molecule has 4 aromatic rings. The molecule has 0 unspecified atom stereocenters. The molecule has 0 spiro atoms. The monoisotopic (exact) mass is 601 g/mol. The Labute approximate surface area is 243 Å². The third-order valence-corrected chi connectivity index (χ3v) is 8.99. The van der Waals surface area contributed by atoms with Crippen molar-refractivity contribution >= 4 is 66.6 Å². The summed E-state index contributed by atoms with van der Waals surface area (Å²) in [6.07, 6.45) is 0. The molecule has 0 atom stereocenters. The van der Waals surface area contributed by atoms with E-state index in [4.69, 9.17) is 22.3 Å². The van der Waals surface area contributed by atoms with Crippen LogP contribution in [0.15, 0.2) is 36.7 Å². The molecular formula is C28H27ClF3N7OS. The van der Waals surface area contributed by atoms with Gasteiger partial charge in [-0.3, -0.25) is 4.79 Å². The van der Waals surface area contributed by atoms with Crippen molar-refractivity contribution in [1.29, 1.82) is 0 Å². The van der Waals surface area contributed by atoms with E-state index < -0.39 is 23.4 Å². The predicted octanol–water partition coefficient (Wildman–Crippen LogP) is 4.91. The summed E-state index contributed by atoms with van der Waals surface area (Å²) in [6, 6.07) is 6.61. The van der Waals surface area contributed by atoms with Crippen LogP contribution in [-0.4, -0.2) is 85.1 Å². The van der Waals surface area contributed by atoms with Crippen LogP contribution in [0.5, 0.6) is 0 Å². The topological polar surface area (TPSA) is 81.8 Å². The van der Waals surface area contributed by atoms with Crippen molar-refractivity contribution in [3.8, 4) is 11.1 Å². The zero-order valence-corrected chi connectivity index (χ0v) is 24.0. The number of amides is 1. The highest BCUT2D eigenvalue weighted by molar-refractivity contribution is 7.22. The van der Waals surface area contributed by atoms with Crippen molar-refractivity contribution in [2.75, 3.05) is 68.9 Å². The number of fused-ring (bicyclic) bond motifs is 2. The zero-order chi connectivity index (χ0) is 29.2. The number of anilines is 3. The van der Waals surface area contributed by atoms with Gasteiger partial charge in [0, 0.05) is 67.9 Å². The van der Waals surface area contributed by atoms with E-state index in [0.29, 0.717) is 41.6 Å². The molecule has 2 N–H and O–H groups in total. The number of carbonyl (C=O) groups excluding carboxylic acids is 1. The van der Waals surface area contributed by atoms with E-state index in [-0.39, 0.29) is 44.5 Å². The number of rotatable bonds is 5. The molecule has 13 heteroatoms. The van der Waals surface area contributed by atoms with Crippen molar-refractivity contribution in [3.63, 3.8) is 0 Å². The Hall–Kier alpha value is -3.61. The summed E-state index contributed by atoms with van der Waals surface area (Å²) < 4.78 is 44.8. The number of likely N-dealkylation sites (N-methyl/N-ethyl adjacent to an activating group) is 1. The molecule has 1 amide bonds. The molecule has 0 bridgehead atoms. The van der Waals surface area contributed by atoms with Gasteiger partial charge in [0.15, 0.2) is 16.8 Å². The number of benzene rings is 2. The van der Waals surface area contributed by atoms with Crippen molar-refractivity contribution in [3.05, 3.63) is 53.3 Å². The number of hydrogen-bond donors (Lipinski definition) is 1. The first-order valence-electron chi connectivity index (χ1n) is 13.0. The first-order chi connectivity index (χ1) is 19.5. The van der Waals surface area contributed by atoms with Crippen LogP contribution in [-0.2, 0) is 4.79 Å². The molecule has 4 heterocycles. The number of carbonyl (C=O) groups is 1. The van der Waals surface area contributed by atoms with E-state index >= 15 is 4.39 Å². The number of nitrogens with two attached hydrogens (primary N) is 1. The van der Waals surface area contributed by atoms with E-state index in [9.17, 15) is 13.6 Å². The lowest BCUT2D eigenvalue weighted by Gasteiger charge is -2.44. The molecule has 0 saturated carbocycles. The van der Waals surface area contributed by atoms with Gasteiger partial charge in [-0.15, -0.1) is 0 Å². The van der Waals surface area contributed by atoms with Crippen LogP contribution in [0.1, 0.15) is 0 Å². The third kappa shape index (κ3) is 4.73. The number of halogens is 4. The lowest BCUT2D eigenvalue weighted by atomic mass is 9.99. The number of aromatic nitrogens is 2. The largest absolute Gasteiger partial charge is 0.375 e. The molecule has 41 heavy (non-hydrogen) atoms. The molecular weight excluding hydrogens is 575 g/mol. The molecule has 0 radical (unpaired) electrons. The van der Waals surface area contributed by atoms with Crippen LogP contribution in [0.3, 0.4) is 0 Å². The highest BCUT2D eigenvalue weighted by Gasteiger charge is 2.32. The SMILES string of the molecule is C=C(F)C(=O)N1CCN(c2cc(N3CC(N(C)C)C3)nc3c(F)c(-c4ccc(F)c5sc(N)nc45)c(Cl)cc23)CC1. The van der Waals surface area contributed by atoms with Gasteiger partial charge in [-0.1, -0.05) is 29.5 Å². The smallest absolute Gasteiger partial charge is 0.282 e. The average Bonchev–Trinajstić information content (AvgIpc) is 3.31. The molecule has 0 aliphatic carbocycles. The molecule has 2 saturated heterocycles. The van der Waals surface area contributed by atoms with Gasteiger partial charge < -0.3 is 25.3 Å². The van der Waals surface area contributed by atoms with E-state index in [1.54, 1.807) is 6.07 Å². The molecule has 2 aromatic heterocycles. The second-order valence-electron chi connectivity index (χ2n) is 10.5. The third-order valence-electron chi connectivity index (χ3n) is 7.80. The maximum absolute atomic E-state index is 16.6. The Bertz CT molecular complexity index is 1710. The number of nitrogens with zero attached hydrogens (tertiary/aromatic N) is 6. The lowest BCUT2D eigenvalue weighted by Crippen LogP contribution is -2.57. The van der Waals surface area contributed by atoms with Crippen molar-refractivity contribution < 1.29 is 18.0 Å². The summed E-state index contributed by atoms with van der Waals surface area (Å²) >= 11 is 7.72. The van der Waals surface area contributed by atoms with E-state index in [2.05, 4.69) is 21.4 Å². The number of nitrogen functional groups attached to an aromatic ring is 1. The highest BCUT2D eigenvalue weighted by Crippen LogP contribution is 2.43. The van der Waals surface area contributed by atoms with Crippen molar-refractivity contribution in [1.82, 2.24) is 19.8 Å². The Morgan fingerprint density at radius 2 is 1.80 bits per heavy atom. The van der Waals surface area contributed by atoms with E-state index in [1.165, 1.54) is 17.0 Å². The molecule has 2 aromatic carbocycles. The highest BCUT2D eigenvalue weighted by atomic mass is 35.5.